The molecule has 93 heavy (non-hydrogen) atoms. The number of carbonyl (C=O) groups is 2. The smallest absolute Gasteiger partial charge is 0.546 e. The Morgan fingerprint density at radius 2 is 0.430 bits per heavy atom. The maximum atomic E-state index is 13.4. The van der Waals surface area contributed by atoms with Crippen LogP contribution in [0.1, 0.15) is 12.3 Å². The normalized spacial score (nSPS) is 10.9. The number of aliphatic carboxylic acids is 2. The van der Waals surface area contributed by atoms with Gasteiger partial charge in [-0.15, -0.1) is 0 Å². The number of para-hydroxylation sites is 8. The number of methoxy groups -OCH3 is 8. The number of hydrogen-bond donors (Lipinski definition) is 0. The number of nitrogens with zero attached hydrogens (tertiary/aromatic N) is 8. The van der Waals surface area contributed by atoms with E-state index in [0.717, 1.165) is 0 Å². The minimum atomic E-state index is -1.55. The van der Waals surface area contributed by atoms with Crippen LogP contribution in [0.2, 0.25) is 0 Å². The third kappa shape index (κ3) is 12.8. The number of ether oxygens (including phenoxy) is 8. The molecule has 12 aromatic rings. The van der Waals surface area contributed by atoms with E-state index < -0.39 is 24.3 Å². The summed E-state index contributed by atoms with van der Waals surface area (Å²) in [5.41, 5.74) is 9.02. The van der Waals surface area contributed by atoms with Crippen molar-refractivity contribution in [2.24, 2.45) is 0 Å². The number of benzene rings is 8. The van der Waals surface area contributed by atoms with Crippen molar-refractivity contribution in [3.63, 3.8) is 0 Å². The van der Waals surface area contributed by atoms with Crippen LogP contribution in [0.15, 0.2) is 218 Å². The van der Waals surface area contributed by atoms with Gasteiger partial charge in [-0.25, -0.2) is 18.7 Å². The van der Waals surface area contributed by atoms with E-state index in [1.165, 1.54) is 18.7 Å². The van der Waals surface area contributed by atoms with Gasteiger partial charge >= 0.3 is 16.5 Å². The molecule has 0 atom stereocenters. The predicted octanol–water partition coefficient (Wildman–Crippen LogP) is 11.2. The quantitative estimate of drug-likeness (QED) is 0.0575. The van der Waals surface area contributed by atoms with E-state index in [4.69, 9.17) is 58.3 Å². The molecule has 21 heteroatoms. The van der Waals surface area contributed by atoms with E-state index in [2.05, 4.69) is 0 Å². The fourth-order valence-electron chi connectivity index (χ4n) is 11.1. The summed E-state index contributed by atoms with van der Waals surface area (Å²) in [7, 11) is 12.5. The first kappa shape index (κ1) is 64.4. The summed E-state index contributed by atoms with van der Waals surface area (Å²) in [6.07, 6.45) is -3.10. The van der Waals surface area contributed by atoms with Crippen molar-refractivity contribution in [3.05, 3.63) is 218 Å². The van der Waals surface area contributed by atoms with Crippen LogP contribution in [0.4, 0.5) is 0 Å². The summed E-state index contributed by atoms with van der Waals surface area (Å²) in [5, 5.41) is 46.2. The van der Waals surface area contributed by atoms with Gasteiger partial charge in [0.15, 0.2) is 12.3 Å². The summed E-state index contributed by atoms with van der Waals surface area (Å²) in [4.78, 5) is 26.7. The molecule has 0 aliphatic rings. The molecular weight excluding hydrogens is 1230 g/mol. The van der Waals surface area contributed by atoms with Gasteiger partial charge in [0.1, 0.15) is 46.0 Å². The fraction of sp³-hybridized carbons (Fsp3) is 0.139. The van der Waals surface area contributed by atoms with Gasteiger partial charge in [0.25, 0.3) is 0 Å². The van der Waals surface area contributed by atoms with Crippen molar-refractivity contribution in [3.8, 4) is 136 Å². The number of carboxylic acids is 2. The second-order valence-electron chi connectivity index (χ2n) is 20.4. The molecule has 0 radical (unpaired) electrons. The Balaban J connectivity index is 0.000000201. The second-order valence-corrected chi connectivity index (χ2v) is 20.4. The van der Waals surface area contributed by atoms with E-state index >= 15 is 0 Å². The van der Waals surface area contributed by atoms with Gasteiger partial charge in [-0.1, -0.05) is 97.1 Å². The van der Waals surface area contributed by atoms with Crippen LogP contribution in [0, 0.1) is 0 Å². The van der Waals surface area contributed by atoms with Crippen LogP contribution in [0.5, 0.6) is 46.0 Å². The number of aromatic nitrogens is 8. The van der Waals surface area contributed by atoms with Gasteiger partial charge in [-0.05, 0) is 121 Å². The Morgan fingerprint density at radius 3 is 0.591 bits per heavy atom. The zero-order valence-electron chi connectivity index (χ0n) is 51.7. The van der Waals surface area contributed by atoms with Crippen LogP contribution in [0.3, 0.4) is 0 Å². The maximum Gasteiger partial charge on any atom is 2.00 e. The van der Waals surface area contributed by atoms with Crippen LogP contribution < -0.4 is 48.1 Å². The molecule has 12 rings (SSSR count). The Hall–Kier alpha value is -11.6. The van der Waals surface area contributed by atoms with Crippen molar-refractivity contribution in [1.82, 2.24) is 39.1 Å². The first-order valence-electron chi connectivity index (χ1n) is 28.8. The fourth-order valence-corrected chi connectivity index (χ4v) is 11.1. The van der Waals surface area contributed by atoms with Gasteiger partial charge in [0.05, 0.1) is 114 Å². The predicted molar refractivity (Wildman–Crippen MR) is 344 cm³/mol. The van der Waals surface area contributed by atoms with E-state index in [1.807, 2.05) is 170 Å². The molecule has 0 bridgehead atoms. The monoisotopic (exact) mass is 1290 g/mol. The summed E-state index contributed by atoms with van der Waals surface area (Å²) in [6, 6.07) is 66.1. The first-order valence-corrected chi connectivity index (χ1v) is 28.8. The molecule has 8 aromatic carbocycles. The Bertz CT molecular complexity index is 4050. The number of carboxylic acid groups (broad SMARTS) is 2. The molecule has 0 saturated heterocycles. The average Bonchev–Trinajstić information content (AvgIpc) is 1.62. The third-order valence-corrected chi connectivity index (χ3v) is 15.4. The molecule has 472 valence electrons. The topological polar surface area (TPSA) is 225 Å². The SMILES string of the molecule is COc1ccccc1-c1cc(-c2ccccc2OC)n(C(C(=O)[O-])n2nc(-c3ccccc3OC)cc2-c2ccccc2OC)n1.COc1ccccc1-c1cc(-c2ccccc2OC)n(C(C(=O)[O-])n2nc(-c3ccccc3OC)cc2-c2ccccc2OC)n1.[Ni+2]. The van der Waals surface area contributed by atoms with Crippen LogP contribution in [0.25, 0.3) is 90.1 Å². The number of rotatable bonds is 22. The maximum absolute atomic E-state index is 13.4. The van der Waals surface area contributed by atoms with Crippen molar-refractivity contribution >= 4 is 11.9 Å². The van der Waals surface area contributed by atoms with Crippen LogP contribution >= 0.6 is 0 Å². The molecule has 0 unspecified atom stereocenters. The largest absolute Gasteiger partial charge is 2.00 e. The Labute approximate surface area is 546 Å². The molecular formula is C72H62N8NiO12. The van der Waals surface area contributed by atoms with Gasteiger partial charge in [0, 0.05) is 44.5 Å². The number of hydrogen-bond acceptors (Lipinski definition) is 16. The molecule has 4 heterocycles. The molecule has 0 aliphatic carbocycles. The summed E-state index contributed by atoms with van der Waals surface area (Å²) < 4.78 is 50.8. The minimum Gasteiger partial charge on any atom is -0.546 e. The third-order valence-electron chi connectivity index (χ3n) is 15.4. The average molecular weight is 1290 g/mol. The Kier molecular flexibility index (Phi) is 20.0. The second kappa shape index (κ2) is 28.9. The van der Waals surface area contributed by atoms with E-state index in [1.54, 1.807) is 105 Å². The number of carbonyl (C=O) groups excluding carboxylic acids is 2. The van der Waals surface area contributed by atoms with E-state index in [0.29, 0.717) is 136 Å². The zero-order valence-corrected chi connectivity index (χ0v) is 52.7. The minimum absolute atomic E-state index is 0. The standard InChI is InChI=1S/2C36H32N4O6.Ni/c2*1-43-31-17-9-5-13-23(31)27-21-29(25-15-7-11-19-33(25)45-3)39(37-27)35(36(41)42)40-30(26-16-8-12-20-34(26)46-4)22-28(38-40)24-14-6-10-18-32(24)44-2;/h2*5-22,35H,1-4H3,(H,41,42);/q;;+2/p-2. The van der Waals surface area contributed by atoms with Crippen molar-refractivity contribution in [2.75, 3.05) is 56.9 Å². The molecule has 0 aliphatic heterocycles. The van der Waals surface area contributed by atoms with Gasteiger partial charge < -0.3 is 57.7 Å². The molecule has 4 aromatic heterocycles. The van der Waals surface area contributed by atoms with Crippen LogP contribution in [-0.2, 0) is 26.1 Å². The summed E-state index contributed by atoms with van der Waals surface area (Å²) in [5.74, 6) is 1.59. The van der Waals surface area contributed by atoms with E-state index in [-0.39, 0.29) is 16.5 Å². The summed E-state index contributed by atoms with van der Waals surface area (Å²) in [6.45, 7) is 0. The molecule has 0 N–H and O–H groups in total. The molecule has 0 spiro atoms. The molecule has 0 fully saturated rings. The summed E-state index contributed by atoms with van der Waals surface area (Å²) >= 11 is 0. The van der Waals surface area contributed by atoms with Gasteiger partial charge in [-0.2, -0.15) is 20.4 Å². The molecule has 20 nitrogen and oxygen atoms in total. The van der Waals surface area contributed by atoms with Crippen LogP contribution in [-0.4, -0.2) is 108 Å². The molecule has 0 saturated carbocycles. The first-order chi connectivity index (χ1) is 45.0. The van der Waals surface area contributed by atoms with Crippen molar-refractivity contribution < 1.29 is 74.2 Å². The van der Waals surface area contributed by atoms with Crippen molar-refractivity contribution in [2.45, 2.75) is 12.3 Å². The zero-order chi connectivity index (χ0) is 64.4. The van der Waals surface area contributed by atoms with Gasteiger partial charge in [-0.3, -0.25) is 0 Å². The van der Waals surface area contributed by atoms with E-state index in [9.17, 15) is 19.8 Å². The van der Waals surface area contributed by atoms with Gasteiger partial charge in [0.2, 0.25) is 0 Å². The molecule has 0 amide bonds. The Morgan fingerprint density at radius 1 is 0.280 bits per heavy atom. The van der Waals surface area contributed by atoms with Crippen molar-refractivity contribution in [1.29, 1.82) is 0 Å².